The highest BCUT2D eigenvalue weighted by Gasteiger charge is 2.34. The number of nitriles is 1. The van der Waals surface area contributed by atoms with Crippen molar-refractivity contribution in [2.75, 3.05) is 0 Å². The molecule has 0 unspecified atom stereocenters. The largest absolute Gasteiger partial charge is 0.417 e. The monoisotopic (exact) mass is 228 g/mol. The van der Waals surface area contributed by atoms with E-state index in [9.17, 15) is 18.3 Å². The predicted molar refractivity (Wildman–Crippen MR) is 50.7 cm³/mol. The van der Waals surface area contributed by atoms with E-state index >= 15 is 0 Å². The SMILES string of the molecule is CC[C](O)c1ccc(C#N)c(C(F)(F)F)c1. The molecule has 0 atom stereocenters. The van der Waals surface area contributed by atoms with Crippen LogP contribution in [0.15, 0.2) is 18.2 Å². The van der Waals surface area contributed by atoms with E-state index in [-0.39, 0.29) is 18.1 Å². The van der Waals surface area contributed by atoms with Gasteiger partial charge in [-0.05, 0) is 24.1 Å². The second-order valence-electron chi connectivity index (χ2n) is 3.17. The molecule has 85 valence electrons. The first-order chi connectivity index (χ1) is 7.40. The van der Waals surface area contributed by atoms with Crippen LogP contribution in [0.25, 0.3) is 0 Å². The summed E-state index contributed by atoms with van der Waals surface area (Å²) < 4.78 is 37.6. The van der Waals surface area contributed by atoms with Crippen molar-refractivity contribution in [1.82, 2.24) is 0 Å². The Balaban J connectivity index is 3.29. The van der Waals surface area contributed by atoms with E-state index in [1.807, 2.05) is 0 Å². The molecule has 0 spiro atoms. The Labute approximate surface area is 90.9 Å². The molecule has 1 N–H and O–H groups in total. The van der Waals surface area contributed by atoms with Gasteiger partial charge in [0.1, 0.15) is 6.10 Å². The molecule has 2 nitrogen and oxygen atoms in total. The maximum Gasteiger partial charge on any atom is 0.417 e. The summed E-state index contributed by atoms with van der Waals surface area (Å²) in [6.45, 7) is 1.63. The molecule has 0 bridgehead atoms. The molecule has 0 saturated heterocycles. The second-order valence-corrected chi connectivity index (χ2v) is 3.17. The summed E-state index contributed by atoms with van der Waals surface area (Å²) in [5, 5.41) is 17.9. The molecule has 16 heavy (non-hydrogen) atoms. The number of halogens is 3. The highest BCUT2D eigenvalue weighted by atomic mass is 19.4. The predicted octanol–water partition coefficient (Wildman–Crippen LogP) is 3.24. The fourth-order valence-corrected chi connectivity index (χ4v) is 1.26. The average molecular weight is 228 g/mol. The lowest BCUT2D eigenvalue weighted by atomic mass is 10.00. The van der Waals surface area contributed by atoms with Gasteiger partial charge in [-0.15, -0.1) is 0 Å². The normalized spacial score (nSPS) is 11.6. The summed E-state index contributed by atoms with van der Waals surface area (Å²) in [4.78, 5) is 0. The first-order valence-corrected chi connectivity index (χ1v) is 4.56. The third kappa shape index (κ3) is 2.52. The van der Waals surface area contributed by atoms with Crippen LogP contribution < -0.4 is 0 Å². The fourth-order valence-electron chi connectivity index (χ4n) is 1.26. The van der Waals surface area contributed by atoms with Crippen molar-refractivity contribution in [3.63, 3.8) is 0 Å². The zero-order valence-electron chi connectivity index (χ0n) is 8.47. The summed E-state index contributed by atoms with van der Waals surface area (Å²) in [5.74, 6) is 0. The maximum atomic E-state index is 12.5. The van der Waals surface area contributed by atoms with Crippen LogP contribution in [0.3, 0.4) is 0 Å². The Morgan fingerprint density at radius 2 is 2.06 bits per heavy atom. The summed E-state index contributed by atoms with van der Waals surface area (Å²) in [7, 11) is 0. The highest BCUT2D eigenvalue weighted by Crippen LogP contribution is 2.33. The van der Waals surface area contributed by atoms with Crippen LogP contribution in [-0.4, -0.2) is 5.11 Å². The van der Waals surface area contributed by atoms with Crippen molar-refractivity contribution in [2.45, 2.75) is 19.5 Å². The van der Waals surface area contributed by atoms with Gasteiger partial charge in [-0.1, -0.05) is 13.0 Å². The van der Waals surface area contributed by atoms with Crippen LogP contribution in [0.2, 0.25) is 0 Å². The Kier molecular flexibility index (Phi) is 3.55. The van der Waals surface area contributed by atoms with Crippen molar-refractivity contribution in [1.29, 1.82) is 5.26 Å². The average Bonchev–Trinajstić information content (AvgIpc) is 2.26. The number of alkyl halides is 3. The quantitative estimate of drug-likeness (QED) is 0.844. The lowest BCUT2D eigenvalue weighted by molar-refractivity contribution is -0.137. The highest BCUT2D eigenvalue weighted by molar-refractivity contribution is 5.44. The molecular formula is C11H9F3NO. The number of aliphatic hydroxyl groups excluding tert-OH is 1. The topological polar surface area (TPSA) is 44.0 Å². The number of hydrogen-bond donors (Lipinski definition) is 1. The van der Waals surface area contributed by atoms with Gasteiger partial charge in [0.25, 0.3) is 0 Å². The Morgan fingerprint density at radius 3 is 2.50 bits per heavy atom. The molecule has 0 fully saturated rings. The lowest BCUT2D eigenvalue weighted by Gasteiger charge is -2.12. The van der Waals surface area contributed by atoms with Crippen molar-refractivity contribution in [3.8, 4) is 6.07 Å². The van der Waals surface area contributed by atoms with Gasteiger partial charge in [0.05, 0.1) is 17.2 Å². The zero-order chi connectivity index (χ0) is 12.3. The molecule has 1 radical (unpaired) electrons. The van der Waals surface area contributed by atoms with E-state index in [0.717, 1.165) is 12.1 Å². The minimum atomic E-state index is -4.59. The van der Waals surface area contributed by atoms with Gasteiger partial charge >= 0.3 is 6.18 Å². The third-order valence-electron chi connectivity index (χ3n) is 2.11. The molecule has 1 rings (SSSR count). The van der Waals surface area contributed by atoms with Gasteiger partial charge in [0.15, 0.2) is 0 Å². The van der Waals surface area contributed by atoms with Crippen molar-refractivity contribution >= 4 is 0 Å². The summed E-state index contributed by atoms with van der Waals surface area (Å²) in [6.07, 6.45) is -4.48. The Hall–Kier alpha value is -1.54. The van der Waals surface area contributed by atoms with Crippen LogP contribution in [-0.2, 0) is 6.18 Å². The molecular weight excluding hydrogens is 219 g/mol. The number of nitrogens with zero attached hydrogens (tertiary/aromatic N) is 1. The third-order valence-corrected chi connectivity index (χ3v) is 2.11. The molecule has 0 aliphatic heterocycles. The molecule has 0 heterocycles. The minimum Gasteiger partial charge on any atom is -0.382 e. The first kappa shape index (κ1) is 12.5. The number of rotatable bonds is 2. The van der Waals surface area contributed by atoms with Crippen molar-refractivity contribution < 1.29 is 18.3 Å². The van der Waals surface area contributed by atoms with Gasteiger partial charge in [0.2, 0.25) is 0 Å². The Bertz CT molecular complexity index is 420. The zero-order valence-corrected chi connectivity index (χ0v) is 8.47. The first-order valence-electron chi connectivity index (χ1n) is 4.56. The standard InChI is InChI=1S/C11H9F3NO/c1-2-10(16)7-3-4-8(6-15)9(5-7)11(12,13)14/h3-5,16H,2H2,1H3. The molecule has 0 saturated carbocycles. The minimum absolute atomic E-state index is 0.0915. The van der Waals surface area contributed by atoms with Gasteiger partial charge < -0.3 is 5.11 Å². The molecule has 0 aliphatic rings. The van der Waals surface area contributed by atoms with Gasteiger partial charge in [-0.2, -0.15) is 18.4 Å². The van der Waals surface area contributed by atoms with Crippen molar-refractivity contribution in [2.24, 2.45) is 0 Å². The number of benzene rings is 1. The van der Waals surface area contributed by atoms with E-state index in [0.29, 0.717) is 0 Å². The number of hydrogen-bond acceptors (Lipinski definition) is 2. The van der Waals surface area contributed by atoms with Gasteiger partial charge in [-0.25, -0.2) is 0 Å². The van der Waals surface area contributed by atoms with Crippen LogP contribution in [0.1, 0.15) is 30.0 Å². The molecule has 5 heteroatoms. The number of aliphatic hydroxyl groups is 1. The molecule has 1 aromatic carbocycles. The second kappa shape index (κ2) is 4.54. The smallest absolute Gasteiger partial charge is 0.382 e. The summed E-state index contributed by atoms with van der Waals surface area (Å²) >= 11 is 0. The van der Waals surface area contributed by atoms with Crippen molar-refractivity contribution in [3.05, 3.63) is 41.0 Å². The maximum absolute atomic E-state index is 12.5. The molecule has 0 aromatic heterocycles. The molecule has 0 aliphatic carbocycles. The van der Waals surface area contributed by atoms with Gasteiger partial charge in [0, 0.05) is 0 Å². The van der Waals surface area contributed by atoms with Crippen LogP contribution >= 0.6 is 0 Å². The van der Waals surface area contributed by atoms with E-state index in [4.69, 9.17) is 5.26 Å². The molecule has 1 aromatic rings. The Morgan fingerprint density at radius 1 is 1.44 bits per heavy atom. The summed E-state index contributed by atoms with van der Waals surface area (Å²) in [5.41, 5.74) is -1.37. The van der Waals surface area contributed by atoms with E-state index in [2.05, 4.69) is 0 Å². The van der Waals surface area contributed by atoms with Gasteiger partial charge in [-0.3, -0.25) is 0 Å². The summed E-state index contributed by atoms with van der Waals surface area (Å²) in [6, 6.07) is 4.62. The van der Waals surface area contributed by atoms with Crippen LogP contribution in [0.4, 0.5) is 13.2 Å². The van der Waals surface area contributed by atoms with E-state index < -0.39 is 17.3 Å². The lowest BCUT2D eigenvalue weighted by Crippen LogP contribution is -2.09. The van der Waals surface area contributed by atoms with Crippen LogP contribution in [0, 0.1) is 17.4 Å². The van der Waals surface area contributed by atoms with Crippen LogP contribution in [0.5, 0.6) is 0 Å². The van der Waals surface area contributed by atoms with E-state index in [1.54, 1.807) is 6.92 Å². The fraction of sp³-hybridized carbons (Fsp3) is 0.273. The van der Waals surface area contributed by atoms with E-state index in [1.165, 1.54) is 12.1 Å². The molecule has 0 amide bonds.